The van der Waals surface area contributed by atoms with Crippen LogP contribution in [0.5, 0.6) is 0 Å². The molecule has 0 aliphatic heterocycles. The molecular formula is C7H3Cl2NS. The Morgan fingerprint density at radius 1 is 1.64 bits per heavy atom. The third-order valence-corrected chi connectivity index (χ3v) is 2.69. The molecule has 0 radical (unpaired) electrons. The van der Waals surface area contributed by atoms with E-state index in [9.17, 15) is 0 Å². The van der Waals surface area contributed by atoms with Crippen LogP contribution < -0.4 is 0 Å². The predicted molar refractivity (Wildman–Crippen MR) is 48.8 cm³/mol. The molecule has 1 aromatic rings. The Bertz CT molecular complexity index is 321. The van der Waals surface area contributed by atoms with Crippen LogP contribution in [0.25, 0.3) is 5.03 Å². The van der Waals surface area contributed by atoms with Gasteiger partial charge in [-0.2, -0.15) is 5.26 Å². The number of halogens is 2. The van der Waals surface area contributed by atoms with Crippen molar-refractivity contribution in [3.05, 3.63) is 27.4 Å². The Morgan fingerprint density at radius 3 is 2.82 bits per heavy atom. The summed E-state index contributed by atoms with van der Waals surface area (Å²) in [5.41, 5.74) is 0. The fraction of sp³-hybridized carbons (Fsp3) is 0. The third kappa shape index (κ3) is 2.23. The van der Waals surface area contributed by atoms with E-state index in [2.05, 4.69) is 0 Å². The molecule has 0 N–H and O–H groups in total. The molecule has 11 heavy (non-hydrogen) atoms. The van der Waals surface area contributed by atoms with Crippen molar-refractivity contribution in [1.29, 1.82) is 5.26 Å². The van der Waals surface area contributed by atoms with Gasteiger partial charge in [0, 0.05) is 11.0 Å². The Labute approximate surface area is 78.5 Å². The summed E-state index contributed by atoms with van der Waals surface area (Å²) in [5.74, 6) is 0. The van der Waals surface area contributed by atoms with Gasteiger partial charge in [-0.15, -0.1) is 11.3 Å². The monoisotopic (exact) mass is 203 g/mol. The van der Waals surface area contributed by atoms with Gasteiger partial charge in [-0.1, -0.05) is 23.2 Å². The van der Waals surface area contributed by atoms with E-state index in [0.29, 0.717) is 9.37 Å². The topological polar surface area (TPSA) is 23.8 Å². The highest BCUT2D eigenvalue weighted by molar-refractivity contribution is 7.17. The molecule has 0 aromatic carbocycles. The standard InChI is InChI=1S/C7H3Cl2NS/c8-5(3-4-10)6-1-2-7(9)11-6/h1-3H. The van der Waals surface area contributed by atoms with Gasteiger partial charge >= 0.3 is 0 Å². The molecule has 0 aliphatic carbocycles. The third-order valence-electron chi connectivity index (χ3n) is 1.000. The van der Waals surface area contributed by atoms with Gasteiger partial charge in [-0.05, 0) is 12.1 Å². The van der Waals surface area contributed by atoms with Crippen molar-refractivity contribution >= 4 is 39.6 Å². The Balaban J connectivity index is 2.95. The van der Waals surface area contributed by atoms with E-state index >= 15 is 0 Å². The number of thiophene rings is 1. The van der Waals surface area contributed by atoms with Crippen LogP contribution in [-0.4, -0.2) is 0 Å². The molecule has 1 rings (SSSR count). The maximum Gasteiger partial charge on any atom is 0.0935 e. The van der Waals surface area contributed by atoms with E-state index in [-0.39, 0.29) is 0 Å². The summed E-state index contributed by atoms with van der Waals surface area (Å²) in [4.78, 5) is 0.818. The van der Waals surface area contributed by atoms with Crippen LogP contribution in [0.1, 0.15) is 4.88 Å². The van der Waals surface area contributed by atoms with E-state index in [1.54, 1.807) is 12.1 Å². The van der Waals surface area contributed by atoms with Crippen LogP contribution in [-0.2, 0) is 0 Å². The van der Waals surface area contributed by atoms with Crippen molar-refractivity contribution < 1.29 is 0 Å². The van der Waals surface area contributed by atoms with Gasteiger partial charge in [0.15, 0.2) is 0 Å². The summed E-state index contributed by atoms with van der Waals surface area (Å²) >= 11 is 12.7. The van der Waals surface area contributed by atoms with E-state index in [1.807, 2.05) is 6.07 Å². The number of hydrogen-bond acceptors (Lipinski definition) is 2. The van der Waals surface area contributed by atoms with Gasteiger partial charge in [-0.3, -0.25) is 0 Å². The summed E-state index contributed by atoms with van der Waals surface area (Å²) in [6, 6.07) is 5.37. The molecule has 0 aliphatic rings. The second-order valence-corrected chi connectivity index (χ2v) is 3.85. The summed E-state index contributed by atoms with van der Waals surface area (Å²) in [6.45, 7) is 0. The van der Waals surface area contributed by atoms with E-state index in [1.165, 1.54) is 17.4 Å². The molecule has 1 aromatic heterocycles. The second kappa shape index (κ2) is 3.77. The SMILES string of the molecule is N#CC=C(Cl)c1ccc(Cl)s1. The molecule has 56 valence electrons. The van der Waals surface area contributed by atoms with E-state index in [4.69, 9.17) is 28.5 Å². The largest absolute Gasteiger partial charge is 0.193 e. The molecule has 0 atom stereocenters. The van der Waals surface area contributed by atoms with Crippen molar-refractivity contribution in [3.8, 4) is 6.07 Å². The van der Waals surface area contributed by atoms with Gasteiger partial charge in [0.2, 0.25) is 0 Å². The fourth-order valence-electron chi connectivity index (χ4n) is 0.570. The highest BCUT2D eigenvalue weighted by atomic mass is 35.5. The number of allylic oxidation sites excluding steroid dienone is 1. The normalized spacial score (nSPS) is 11.2. The zero-order valence-corrected chi connectivity index (χ0v) is 7.67. The zero-order chi connectivity index (χ0) is 8.27. The van der Waals surface area contributed by atoms with Crippen molar-refractivity contribution in [2.24, 2.45) is 0 Å². The number of hydrogen-bond donors (Lipinski definition) is 0. The Hall–Kier alpha value is -0.490. The minimum atomic E-state index is 0.435. The van der Waals surface area contributed by atoms with Gasteiger partial charge in [-0.25, -0.2) is 0 Å². The van der Waals surface area contributed by atoms with E-state index < -0.39 is 0 Å². The van der Waals surface area contributed by atoms with Crippen molar-refractivity contribution in [3.63, 3.8) is 0 Å². The van der Waals surface area contributed by atoms with Gasteiger partial charge < -0.3 is 0 Å². The summed E-state index contributed by atoms with van der Waals surface area (Å²) < 4.78 is 0.671. The summed E-state index contributed by atoms with van der Waals surface area (Å²) in [5, 5.41) is 8.70. The minimum Gasteiger partial charge on any atom is -0.193 e. The van der Waals surface area contributed by atoms with Crippen LogP contribution in [0.15, 0.2) is 18.2 Å². The molecule has 1 nitrogen and oxygen atoms in total. The molecule has 0 saturated heterocycles. The highest BCUT2D eigenvalue weighted by Gasteiger charge is 2.00. The van der Waals surface area contributed by atoms with Gasteiger partial charge in [0.05, 0.1) is 15.4 Å². The van der Waals surface area contributed by atoms with Crippen molar-refractivity contribution in [2.75, 3.05) is 0 Å². The lowest BCUT2D eigenvalue weighted by atomic mass is 10.4. The first-order valence-corrected chi connectivity index (χ1v) is 4.32. The molecular weight excluding hydrogens is 201 g/mol. The van der Waals surface area contributed by atoms with Crippen LogP contribution in [0.4, 0.5) is 0 Å². The second-order valence-electron chi connectivity index (χ2n) is 1.73. The van der Waals surface area contributed by atoms with Gasteiger partial charge in [0.25, 0.3) is 0 Å². The highest BCUT2D eigenvalue weighted by Crippen LogP contribution is 2.29. The van der Waals surface area contributed by atoms with Crippen molar-refractivity contribution in [1.82, 2.24) is 0 Å². The van der Waals surface area contributed by atoms with Crippen LogP contribution in [0, 0.1) is 11.3 Å². The smallest absolute Gasteiger partial charge is 0.0935 e. The Kier molecular flexibility index (Phi) is 2.95. The first-order chi connectivity index (χ1) is 5.24. The molecule has 0 spiro atoms. The van der Waals surface area contributed by atoms with Crippen LogP contribution >= 0.6 is 34.5 Å². The molecule has 0 fully saturated rings. The molecule has 0 bridgehead atoms. The molecule has 1 heterocycles. The van der Waals surface area contributed by atoms with Crippen molar-refractivity contribution in [2.45, 2.75) is 0 Å². The minimum absolute atomic E-state index is 0.435. The van der Waals surface area contributed by atoms with E-state index in [0.717, 1.165) is 4.88 Å². The lowest BCUT2D eigenvalue weighted by Crippen LogP contribution is -1.63. The summed E-state index contributed by atoms with van der Waals surface area (Å²) in [6.07, 6.45) is 1.28. The fourth-order valence-corrected chi connectivity index (χ4v) is 1.75. The Morgan fingerprint density at radius 2 is 2.36 bits per heavy atom. The number of nitrogens with zero attached hydrogens (tertiary/aromatic N) is 1. The zero-order valence-electron chi connectivity index (χ0n) is 5.34. The maximum atomic E-state index is 8.27. The molecule has 0 saturated carbocycles. The maximum absolute atomic E-state index is 8.27. The summed E-state index contributed by atoms with van der Waals surface area (Å²) in [7, 11) is 0. The number of nitriles is 1. The molecule has 4 heteroatoms. The van der Waals surface area contributed by atoms with Crippen LogP contribution in [0.2, 0.25) is 4.34 Å². The average Bonchev–Trinajstić information content (AvgIpc) is 2.36. The first-order valence-electron chi connectivity index (χ1n) is 2.75. The molecule has 0 amide bonds. The average molecular weight is 204 g/mol. The predicted octanol–water partition coefficient (Wildman–Crippen LogP) is 3.50. The molecule has 0 unspecified atom stereocenters. The van der Waals surface area contributed by atoms with Gasteiger partial charge in [0.1, 0.15) is 0 Å². The quantitative estimate of drug-likeness (QED) is 0.642. The lowest BCUT2D eigenvalue weighted by Gasteiger charge is -1.86. The first kappa shape index (κ1) is 8.61. The lowest BCUT2D eigenvalue weighted by molar-refractivity contribution is 1.54. The number of rotatable bonds is 1. The van der Waals surface area contributed by atoms with Crippen LogP contribution in [0.3, 0.4) is 0 Å².